The number of hydrogen-bond acceptors (Lipinski definition) is 6. The molecule has 5 rings (SSSR count). The van der Waals surface area contributed by atoms with Crippen LogP contribution in [0, 0.1) is 0 Å². The van der Waals surface area contributed by atoms with Crippen molar-refractivity contribution < 1.29 is 18.8 Å². The smallest absolute Gasteiger partial charge is 0.325 e. The summed E-state index contributed by atoms with van der Waals surface area (Å²) in [6.07, 6.45) is 1.68. The predicted molar refractivity (Wildman–Crippen MR) is 122 cm³/mol. The van der Waals surface area contributed by atoms with Crippen molar-refractivity contribution in [3.63, 3.8) is 0 Å². The van der Waals surface area contributed by atoms with Gasteiger partial charge in [0.1, 0.15) is 12.1 Å². The van der Waals surface area contributed by atoms with Crippen molar-refractivity contribution in [3.05, 3.63) is 71.1 Å². The minimum atomic E-state index is -1.22. The second-order valence-corrected chi connectivity index (χ2v) is 9.01. The maximum absolute atomic E-state index is 13.2. The van der Waals surface area contributed by atoms with Gasteiger partial charge in [-0.05, 0) is 49.6 Å². The predicted octanol–water partition coefficient (Wildman–Crippen LogP) is 3.35. The van der Waals surface area contributed by atoms with Crippen molar-refractivity contribution in [2.45, 2.75) is 37.9 Å². The van der Waals surface area contributed by atoms with E-state index in [2.05, 4.69) is 15.5 Å². The quantitative estimate of drug-likeness (QED) is 0.520. The van der Waals surface area contributed by atoms with E-state index in [4.69, 9.17) is 16.0 Å². The monoisotopic (exact) mass is 479 g/mol. The molecule has 1 saturated carbocycles. The van der Waals surface area contributed by atoms with Crippen LogP contribution in [0.15, 0.2) is 59.0 Å². The van der Waals surface area contributed by atoms with E-state index in [1.165, 1.54) is 0 Å². The molecular weight excluding hydrogens is 458 g/mol. The number of nitrogens with one attached hydrogen (secondary N) is 1. The molecule has 1 aliphatic heterocycles. The van der Waals surface area contributed by atoms with Crippen LogP contribution in [0.3, 0.4) is 0 Å². The fraction of sp³-hybridized carbons (Fsp3) is 0.292. The second-order valence-electron chi connectivity index (χ2n) is 8.57. The van der Waals surface area contributed by atoms with Crippen LogP contribution in [0.25, 0.3) is 11.5 Å². The van der Waals surface area contributed by atoms with Crippen LogP contribution in [-0.4, -0.2) is 50.4 Å². The first-order valence-electron chi connectivity index (χ1n) is 10.9. The number of carbonyl (C=O) groups excluding carboxylic acids is 3. The van der Waals surface area contributed by atoms with Crippen molar-refractivity contribution >= 4 is 29.4 Å². The minimum Gasteiger partial charge on any atom is -0.419 e. The molecule has 2 aromatic carbocycles. The highest BCUT2D eigenvalue weighted by molar-refractivity contribution is 6.30. The SMILES string of the molecule is CC1(c2ccccc2)NC(=O)N(CC(=O)N(Cc2nnc(-c3ccc(Cl)cc3)o2)C2CC2)C1=O. The number of halogens is 1. The summed E-state index contributed by atoms with van der Waals surface area (Å²) < 4.78 is 5.75. The van der Waals surface area contributed by atoms with E-state index in [1.807, 2.05) is 6.07 Å². The Hall–Kier alpha value is -3.72. The molecule has 1 aromatic heterocycles. The maximum Gasteiger partial charge on any atom is 0.325 e. The summed E-state index contributed by atoms with van der Waals surface area (Å²) in [7, 11) is 0. The first kappa shape index (κ1) is 22.1. The summed E-state index contributed by atoms with van der Waals surface area (Å²) in [5.74, 6) is -0.218. The molecule has 1 unspecified atom stereocenters. The molecular formula is C24H22ClN5O4. The summed E-state index contributed by atoms with van der Waals surface area (Å²) in [5.41, 5.74) is 0.151. The summed E-state index contributed by atoms with van der Waals surface area (Å²) in [6, 6.07) is 15.4. The summed E-state index contributed by atoms with van der Waals surface area (Å²) >= 11 is 5.93. The molecule has 1 aliphatic carbocycles. The number of hydrogen-bond donors (Lipinski definition) is 1. The van der Waals surface area contributed by atoms with E-state index in [1.54, 1.807) is 60.4 Å². The normalized spacial score (nSPS) is 19.9. The zero-order valence-electron chi connectivity index (χ0n) is 18.4. The Morgan fingerprint density at radius 3 is 2.53 bits per heavy atom. The van der Waals surface area contributed by atoms with E-state index < -0.39 is 17.5 Å². The lowest BCUT2D eigenvalue weighted by atomic mass is 9.92. The Morgan fingerprint density at radius 1 is 1.15 bits per heavy atom. The molecule has 174 valence electrons. The molecule has 2 fully saturated rings. The molecule has 2 heterocycles. The van der Waals surface area contributed by atoms with Gasteiger partial charge in [-0.3, -0.25) is 14.5 Å². The third-order valence-electron chi connectivity index (χ3n) is 6.09. The molecule has 2 aliphatic rings. The molecule has 3 aromatic rings. The number of nitrogens with zero attached hydrogens (tertiary/aromatic N) is 4. The first-order valence-corrected chi connectivity index (χ1v) is 11.3. The summed E-state index contributed by atoms with van der Waals surface area (Å²) in [5, 5.41) is 11.5. The van der Waals surface area contributed by atoms with Crippen LogP contribution < -0.4 is 5.32 Å². The molecule has 1 atom stereocenters. The molecule has 0 bridgehead atoms. The lowest BCUT2D eigenvalue weighted by molar-refractivity contribution is -0.139. The average Bonchev–Trinajstić information content (AvgIpc) is 3.53. The summed E-state index contributed by atoms with van der Waals surface area (Å²) in [4.78, 5) is 41.5. The van der Waals surface area contributed by atoms with Crippen LogP contribution >= 0.6 is 11.6 Å². The lowest BCUT2D eigenvalue weighted by Gasteiger charge is -2.24. The van der Waals surface area contributed by atoms with Crippen molar-refractivity contribution in [1.82, 2.24) is 25.3 Å². The fourth-order valence-corrected chi connectivity index (χ4v) is 4.14. The largest absolute Gasteiger partial charge is 0.419 e. The highest BCUT2D eigenvalue weighted by atomic mass is 35.5. The highest BCUT2D eigenvalue weighted by Crippen LogP contribution is 2.31. The molecule has 34 heavy (non-hydrogen) atoms. The third kappa shape index (κ3) is 4.14. The number of aromatic nitrogens is 2. The van der Waals surface area contributed by atoms with Gasteiger partial charge in [-0.1, -0.05) is 41.9 Å². The highest BCUT2D eigenvalue weighted by Gasteiger charge is 2.50. The van der Waals surface area contributed by atoms with Gasteiger partial charge in [0.25, 0.3) is 5.91 Å². The van der Waals surface area contributed by atoms with Crippen LogP contribution in [0.2, 0.25) is 5.02 Å². The van der Waals surface area contributed by atoms with Crippen molar-refractivity contribution in [2.24, 2.45) is 0 Å². The maximum atomic E-state index is 13.2. The van der Waals surface area contributed by atoms with Gasteiger partial charge in [0.05, 0.1) is 6.54 Å². The summed E-state index contributed by atoms with van der Waals surface area (Å²) in [6.45, 7) is 1.38. The Balaban J connectivity index is 1.30. The van der Waals surface area contributed by atoms with E-state index >= 15 is 0 Å². The number of rotatable bonds is 7. The zero-order chi connectivity index (χ0) is 23.9. The van der Waals surface area contributed by atoms with Gasteiger partial charge in [-0.15, -0.1) is 10.2 Å². The van der Waals surface area contributed by atoms with Gasteiger partial charge >= 0.3 is 6.03 Å². The standard InChI is InChI=1S/C24H22ClN5O4/c1-24(16-5-3-2-4-6-16)22(32)30(23(33)26-24)14-20(31)29(18-11-12-18)13-19-27-28-21(34-19)15-7-9-17(25)10-8-15/h2-10,18H,11-14H2,1H3,(H,26,33). The van der Waals surface area contributed by atoms with Gasteiger partial charge in [0.2, 0.25) is 17.7 Å². The Labute approximate surface area is 200 Å². The van der Waals surface area contributed by atoms with Crippen LogP contribution in [-0.2, 0) is 21.7 Å². The van der Waals surface area contributed by atoms with Gasteiger partial charge < -0.3 is 14.6 Å². The molecule has 4 amide bonds. The Bertz CT molecular complexity index is 1240. The number of imide groups is 1. The number of urea groups is 1. The Morgan fingerprint density at radius 2 is 1.85 bits per heavy atom. The molecule has 1 N–H and O–H groups in total. The second kappa shape index (κ2) is 8.57. The van der Waals surface area contributed by atoms with Crippen LogP contribution in [0.1, 0.15) is 31.2 Å². The average molecular weight is 480 g/mol. The van der Waals surface area contributed by atoms with Crippen molar-refractivity contribution in [3.8, 4) is 11.5 Å². The van der Waals surface area contributed by atoms with Crippen LogP contribution in [0.5, 0.6) is 0 Å². The van der Waals surface area contributed by atoms with Crippen LogP contribution in [0.4, 0.5) is 4.79 Å². The molecule has 1 saturated heterocycles. The molecule has 10 heteroatoms. The van der Waals surface area contributed by atoms with Crippen molar-refractivity contribution in [1.29, 1.82) is 0 Å². The Kier molecular flexibility index (Phi) is 5.57. The fourth-order valence-electron chi connectivity index (χ4n) is 4.01. The molecule has 0 radical (unpaired) electrons. The van der Waals surface area contributed by atoms with E-state index in [0.717, 1.165) is 17.7 Å². The molecule has 0 spiro atoms. The number of benzene rings is 2. The third-order valence-corrected chi connectivity index (χ3v) is 6.34. The van der Waals surface area contributed by atoms with E-state index in [9.17, 15) is 14.4 Å². The van der Waals surface area contributed by atoms with E-state index in [-0.39, 0.29) is 30.9 Å². The topological polar surface area (TPSA) is 109 Å². The first-order chi connectivity index (χ1) is 16.3. The minimum absolute atomic E-state index is 0.0136. The van der Waals surface area contributed by atoms with Gasteiger partial charge in [0.15, 0.2) is 0 Å². The van der Waals surface area contributed by atoms with Crippen molar-refractivity contribution in [2.75, 3.05) is 6.54 Å². The van der Waals surface area contributed by atoms with Gasteiger partial charge in [-0.25, -0.2) is 4.79 Å². The van der Waals surface area contributed by atoms with Gasteiger partial charge in [-0.2, -0.15) is 0 Å². The number of carbonyl (C=O) groups is 3. The zero-order valence-corrected chi connectivity index (χ0v) is 19.2. The molecule has 9 nitrogen and oxygen atoms in total. The lowest BCUT2D eigenvalue weighted by Crippen LogP contribution is -2.45. The van der Waals surface area contributed by atoms with Gasteiger partial charge in [0, 0.05) is 16.6 Å². The number of amides is 4. The van der Waals surface area contributed by atoms with E-state index in [0.29, 0.717) is 22.0 Å².